The van der Waals surface area contributed by atoms with Crippen LogP contribution in [0, 0.1) is 6.92 Å². The van der Waals surface area contributed by atoms with Gasteiger partial charge >= 0.3 is 5.97 Å². The lowest BCUT2D eigenvalue weighted by Crippen LogP contribution is -2.05. The molecular weight excluding hydrogens is 232 g/mol. The van der Waals surface area contributed by atoms with Gasteiger partial charge in [-0.15, -0.1) is 0 Å². The highest BCUT2D eigenvalue weighted by Gasteiger charge is 2.06. The molecule has 5 heteroatoms. The molecular formula is C13H12N2O3. The molecule has 0 atom stereocenters. The average molecular weight is 244 g/mol. The summed E-state index contributed by atoms with van der Waals surface area (Å²) in [5.74, 6) is -0.348. The first kappa shape index (κ1) is 12.0. The number of rotatable bonds is 4. The van der Waals surface area contributed by atoms with Crippen LogP contribution in [0.2, 0.25) is 0 Å². The van der Waals surface area contributed by atoms with Gasteiger partial charge in [-0.05, 0) is 30.7 Å². The minimum Gasteiger partial charge on any atom is -0.487 e. The summed E-state index contributed by atoms with van der Waals surface area (Å²) in [7, 11) is 0. The van der Waals surface area contributed by atoms with E-state index in [9.17, 15) is 4.79 Å². The van der Waals surface area contributed by atoms with Gasteiger partial charge in [-0.3, -0.25) is 0 Å². The highest BCUT2D eigenvalue weighted by atomic mass is 16.5. The monoisotopic (exact) mass is 244 g/mol. The van der Waals surface area contributed by atoms with Crippen molar-refractivity contribution in [1.29, 1.82) is 0 Å². The van der Waals surface area contributed by atoms with E-state index < -0.39 is 5.97 Å². The molecule has 0 aliphatic heterocycles. The van der Waals surface area contributed by atoms with Crippen LogP contribution in [-0.4, -0.2) is 21.0 Å². The standard InChI is InChI=1S/C13H12N2O3/c1-9-3-2-4-11(5-9)18-7-10-6-12(13(16)17)15-8-14-10/h2-6,8H,7H2,1H3,(H,16,17). The molecule has 2 aromatic rings. The quantitative estimate of drug-likeness (QED) is 0.891. The molecule has 1 aromatic heterocycles. The van der Waals surface area contributed by atoms with Crippen molar-refractivity contribution in [1.82, 2.24) is 9.97 Å². The maximum Gasteiger partial charge on any atom is 0.354 e. The van der Waals surface area contributed by atoms with Gasteiger partial charge in [-0.25, -0.2) is 14.8 Å². The summed E-state index contributed by atoms with van der Waals surface area (Å²) in [5.41, 5.74) is 1.60. The van der Waals surface area contributed by atoms with E-state index in [1.807, 2.05) is 31.2 Å². The number of aromatic nitrogens is 2. The number of benzene rings is 1. The van der Waals surface area contributed by atoms with E-state index in [4.69, 9.17) is 9.84 Å². The van der Waals surface area contributed by atoms with Crippen LogP contribution in [0.3, 0.4) is 0 Å². The number of hydrogen-bond donors (Lipinski definition) is 1. The van der Waals surface area contributed by atoms with Crippen LogP contribution in [-0.2, 0) is 6.61 Å². The molecule has 5 nitrogen and oxygen atoms in total. The normalized spacial score (nSPS) is 10.1. The average Bonchev–Trinajstić information content (AvgIpc) is 2.37. The maximum atomic E-state index is 10.7. The van der Waals surface area contributed by atoms with Crippen molar-refractivity contribution < 1.29 is 14.6 Å². The fourth-order valence-electron chi connectivity index (χ4n) is 1.46. The van der Waals surface area contributed by atoms with Crippen LogP contribution < -0.4 is 4.74 Å². The number of ether oxygens (including phenoxy) is 1. The minimum absolute atomic E-state index is 0.0344. The largest absolute Gasteiger partial charge is 0.487 e. The Balaban J connectivity index is 2.06. The van der Waals surface area contributed by atoms with Crippen LogP contribution in [0.5, 0.6) is 5.75 Å². The van der Waals surface area contributed by atoms with Crippen LogP contribution in [0.25, 0.3) is 0 Å². The second-order valence-electron chi connectivity index (χ2n) is 3.80. The van der Waals surface area contributed by atoms with Crippen molar-refractivity contribution in [2.75, 3.05) is 0 Å². The van der Waals surface area contributed by atoms with E-state index in [0.29, 0.717) is 5.69 Å². The molecule has 0 radical (unpaired) electrons. The smallest absolute Gasteiger partial charge is 0.354 e. The van der Waals surface area contributed by atoms with Gasteiger partial charge in [0, 0.05) is 0 Å². The van der Waals surface area contributed by atoms with Gasteiger partial charge in [-0.2, -0.15) is 0 Å². The molecule has 0 unspecified atom stereocenters. The predicted octanol–water partition coefficient (Wildman–Crippen LogP) is 2.06. The van der Waals surface area contributed by atoms with Crippen molar-refractivity contribution in [3.63, 3.8) is 0 Å². The van der Waals surface area contributed by atoms with Crippen molar-refractivity contribution in [3.8, 4) is 5.75 Å². The van der Waals surface area contributed by atoms with Gasteiger partial charge in [0.15, 0.2) is 5.69 Å². The number of carboxylic acids is 1. The molecule has 2 rings (SSSR count). The van der Waals surface area contributed by atoms with E-state index in [0.717, 1.165) is 11.3 Å². The number of carboxylic acid groups (broad SMARTS) is 1. The fourth-order valence-corrected chi connectivity index (χ4v) is 1.46. The molecule has 0 amide bonds. The molecule has 0 aliphatic rings. The minimum atomic E-state index is -1.07. The summed E-state index contributed by atoms with van der Waals surface area (Å²) in [6.07, 6.45) is 1.22. The molecule has 0 spiro atoms. The predicted molar refractivity (Wildman–Crippen MR) is 64.5 cm³/mol. The van der Waals surface area contributed by atoms with Gasteiger partial charge in [0.1, 0.15) is 18.7 Å². The van der Waals surface area contributed by atoms with Crippen LogP contribution >= 0.6 is 0 Å². The summed E-state index contributed by atoms with van der Waals surface area (Å²) < 4.78 is 5.52. The first-order valence-electron chi connectivity index (χ1n) is 5.39. The number of aryl methyl sites for hydroxylation is 1. The summed E-state index contributed by atoms with van der Waals surface area (Å²) in [6.45, 7) is 2.19. The van der Waals surface area contributed by atoms with Crippen LogP contribution in [0.4, 0.5) is 0 Å². The molecule has 0 aliphatic carbocycles. The molecule has 0 bridgehead atoms. The fraction of sp³-hybridized carbons (Fsp3) is 0.154. The third-order valence-electron chi connectivity index (χ3n) is 2.32. The molecule has 18 heavy (non-hydrogen) atoms. The summed E-state index contributed by atoms with van der Waals surface area (Å²) in [4.78, 5) is 18.3. The van der Waals surface area contributed by atoms with E-state index >= 15 is 0 Å². The van der Waals surface area contributed by atoms with Gasteiger partial charge in [0.2, 0.25) is 0 Å². The Morgan fingerprint density at radius 1 is 1.33 bits per heavy atom. The lowest BCUT2D eigenvalue weighted by Gasteiger charge is -2.06. The molecule has 1 heterocycles. The highest BCUT2D eigenvalue weighted by Crippen LogP contribution is 2.13. The summed E-state index contributed by atoms with van der Waals surface area (Å²) in [6, 6.07) is 9.01. The van der Waals surface area contributed by atoms with E-state index in [1.165, 1.54) is 12.4 Å². The zero-order valence-electron chi connectivity index (χ0n) is 9.83. The topological polar surface area (TPSA) is 72.3 Å². The second kappa shape index (κ2) is 5.27. The molecule has 92 valence electrons. The lowest BCUT2D eigenvalue weighted by atomic mass is 10.2. The van der Waals surface area contributed by atoms with Gasteiger partial charge in [-0.1, -0.05) is 12.1 Å². The molecule has 1 aromatic carbocycles. The molecule has 0 saturated carbocycles. The first-order valence-corrected chi connectivity index (χ1v) is 5.39. The van der Waals surface area contributed by atoms with Crippen molar-refractivity contribution in [2.45, 2.75) is 13.5 Å². The Kier molecular flexibility index (Phi) is 3.52. The Morgan fingerprint density at radius 2 is 2.17 bits per heavy atom. The Hall–Kier alpha value is -2.43. The van der Waals surface area contributed by atoms with Gasteiger partial charge in [0.25, 0.3) is 0 Å². The van der Waals surface area contributed by atoms with E-state index in [2.05, 4.69) is 9.97 Å². The number of hydrogen-bond acceptors (Lipinski definition) is 4. The second-order valence-corrected chi connectivity index (χ2v) is 3.80. The third-order valence-corrected chi connectivity index (χ3v) is 2.32. The van der Waals surface area contributed by atoms with Gasteiger partial charge in [0.05, 0.1) is 5.69 Å². The molecule has 0 saturated heterocycles. The maximum absolute atomic E-state index is 10.7. The zero-order valence-corrected chi connectivity index (χ0v) is 9.83. The summed E-state index contributed by atoms with van der Waals surface area (Å²) >= 11 is 0. The van der Waals surface area contributed by atoms with Crippen molar-refractivity contribution in [3.05, 3.63) is 53.6 Å². The summed E-state index contributed by atoms with van der Waals surface area (Å²) in [5, 5.41) is 8.80. The number of aromatic carboxylic acids is 1. The molecule has 1 N–H and O–H groups in total. The molecule has 0 fully saturated rings. The van der Waals surface area contributed by atoms with Crippen LogP contribution in [0.1, 0.15) is 21.7 Å². The lowest BCUT2D eigenvalue weighted by molar-refractivity contribution is 0.0690. The highest BCUT2D eigenvalue weighted by molar-refractivity contribution is 5.85. The Labute approximate surface area is 104 Å². The number of nitrogens with zero attached hydrogens (tertiary/aromatic N) is 2. The van der Waals surface area contributed by atoms with Crippen molar-refractivity contribution >= 4 is 5.97 Å². The first-order chi connectivity index (χ1) is 8.65. The van der Waals surface area contributed by atoms with Gasteiger partial charge < -0.3 is 9.84 Å². The Bertz CT molecular complexity index is 570. The van der Waals surface area contributed by atoms with E-state index in [-0.39, 0.29) is 12.3 Å². The van der Waals surface area contributed by atoms with Crippen LogP contribution in [0.15, 0.2) is 36.7 Å². The zero-order chi connectivity index (χ0) is 13.0. The SMILES string of the molecule is Cc1cccc(OCc2cc(C(=O)O)ncn2)c1. The Morgan fingerprint density at radius 3 is 2.89 bits per heavy atom. The third kappa shape index (κ3) is 3.04. The number of carbonyl (C=O) groups is 1. The van der Waals surface area contributed by atoms with E-state index in [1.54, 1.807) is 0 Å². The van der Waals surface area contributed by atoms with Crippen molar-refractivity contribution in [2.24, 2.45) is 0 Å².